The molecule has 0 aromatic heterocycles. The standard InChI is InChI=1S/C33H12FN5/c1-37-21-8-4-18(5-9-21)19-6-10-22-24-14-29-25(15-28(24)32(26(22)12-19)30(16-35)38-2)23-11-7-20(34)13-27(23)33(29)31(17-36)39-3/h4-15H/b32-30+,33-31-. The maximum Gasteiger partial charge on any atom is 0.270 e. The number of hydrogen-bond donors (Lipinski definition) is 0. The lowest BCUT2D eigenvalue weighted by Gasteiger charge is -2.09. The third-order valence-corrected chi connectivity index (χ3v) is 7.06. The van der Waals surface area contributed by atoms with Crippen LogP contribution in [0.3, 0.4) is 0 Å². The van der Waals surface area contributed by atoms with E-state index in [-0.39, 0.29) is 11.4 Å². The molecule has 4 aromatic carbocycles. The fourth-order valence-corrected chi connectivity index (χ4v) is 5.39. The van der Waals surface area contributed by atoms with Gasteiger partial charge in [-0.15, -0.1) is 0 Å². The molecule has 0 atom stereocenters. The van der Waals surface area contributed by atoms with Gasteiger partial charge in [-0.05, 0) is 86.0 Å². The molecular formula is C33H12FN5. The van der Waals surface area contributed by atoms with E-state index >= 15 is 0 Å². The fourth-order valence-electron chi connectivity index (χ4n) is 5.39. The summed E-state index contributed by atoms with van der Waals surface area (Å²) in [5, 5.41) is 19.6. The normalized spacial score (nSPS) is 14.3. The van der Waals surface area contributed by atoms with Gasteiger partial charge < -0.3 is 0 Å². The van der Waals surface area contributed by atoms with E-state index in [1.807, 2.05) is 54.6 Å². The molecular weight excluding hydrogens is 485 g/mol. The van der Waals surface area contributed by atoms with Crippen molar-refractivity contribution < 1.29 is 4.39 Å². The van der Waals surface area contributed by atoms with E-state index in [0.29, 0.717) is 44.7 Å². The predicted octanol–water partition coefficient (Wildman–Crippen LogP) is 8.41. The Balaban J connectivity index is 1.65. The molecule has 4 aromatic rings. The molecule has 0 amide bonds. The van der Waals surface area contributed by atoms with Crippen molar-refractivity contribution in [2.75, 3.05) is 0 Å². The van der Waals surface area contributed by atoms with Crippen LogP contribution < -0.4 is 0 Å². The molecule has 0 radical (unpaired) electrons. The van der Waals surface area contributed by atoms with Crippen LogP contribution in [0.2, 0.25) is 0 Å². The summed E-state index contributed by atoms with van der Waals surface area (Å²) in [5.74, 6) is -0.475. The number of benzene rings is 4. The molecule has 2 aliphatic rings. The average Bonchev–Trinajstić information content (AvgIpc) is 3.45. The average molecular weight is 497 g/mol. The van der Waals surface area contributed by atoms with E-state index in [1.54, 1.807) is 18.2 Å². The molecule has 6 heteroatoms. The van der Waals surface area contributed by atoms with Crippen molar-refractivity contribution >= 4 is 16.8 Å². The number of nitriles is 2. The van der Waals surface area contributed by atoms with Crippen LogP contribution in [-0.4, -0.2) is 0 Å². The zero-order valence-corrected chi connectivity index (χ0v) is 20.0. The van der Waals surface area contributed by atoms with Crippen LogP contribution in [0.4, 0.5) is 10.1 Å². The molecule has 176 valence electrons. The summed E-state index contributed by atoms with van der Waals surface area (Å²) in [6.45, 7) is 22.4. The van der Waals surface area contributed by atoms with Crippen LogP contribution in [0, 0.1) is 48.2 Å². The topological polar surface area (TPSA) is 60.7 Å². The number of hydrogen-bond acceptors (Lipinski definition) is 2. The van der Waals surface area contributed by atoms with Gasteiger partial charge >= 0.3 is 0 Å². The van der Waals surface area contributed by atoms with Crippen molar-refractivity contribution in [2.45, 2.75) is 0 Å². The van der Waals surface area contributed by atoms with Gasteiger partial charge in [0, 0.05) is 11.1 Å². The van der Waals surface area contributed by atoms with Gasteiger partial charge in [-0.1, -0.05) is 42.5 Å². The minimum Gasteiger partial charge on any atom is -0.238 e. The van der Waals surface area contributed by atoms with Crippen molar-refractivity contribution in [3.05, 3.63) is 147 Å². The monoisotopic (exact) mass is 497 g/mol. The maximum absolute atomic E-state index is 14.3. The molecule has 2 aliphatic carbocycles. The second kappa shape index (κ2) is 8.69. The first-order valence-electron chi connectivity index (χ1n) is 11.7. The number of nitrogens with zero attached hydrogens (tertiary/aromatic N) is 5. The molecule has 0 unspecified atom stereocenters. The van der Waals surface area contributed by atoms with Crippen molar-refractivity contribution in [2.24, 2.45) is 0 Å². The van der Waals surface area contributed by atoms with Crippen LogP contribution in [-0.2, 0) is 0 Å². The Morgan fingerprint density at radius 2 is 1.05 bits per heavy atom. The summed E-state index contributed by atoms with van der Waals surface area (Å²) < 4.78 is 14.3. The van der Waals surface area contributed by atoms with E-state index in [0.717, 1.165) is 27.8 Å². The summed E-state index contributed by atoms with van der Waals surface area (Å²) in [5.41, 5.74) is 8.46. The second-order valence-electron chi connectivity index (χ2n) is 8.95. The number of halogens is 1. The molecule has 0 heterocycles. The van der Waals surface area contributed by atoms with Gasteiger partial charge in [0.1, 0.15) is 5.82 Å². The zero-order chi connectivity index (χ0) is 27.3. The van der Waals surface area contributed by atoms with Gasteiger partial charge in [-0.25, -0.2) is 29.4 Å². The highest BCUT2D eigenvalue weighted by molar-refractivity contribution is 6.11. The van der Waals surface area contributed by atoms with Crippen molar-refractivity contribution in [1.29, 1.82) is 10.5 Å². The molecule has 6 rings (SSSR count). The van der Waals surface area contributed by atoms with Gasteiger partial charge in [-0.3, -0.25) is 0 Å². The van der Waals surface area contributed by atoms with Crippen molar-refractivity contribution in [1.82, 2.24) is 0 Å². The first-order valence-corrected chi connectivity index (χ1v) is 11.7. The van der Waals surface area contributed by atoms with Gasteiger partial charge in [0.25, 0.3) is 11.4 Å². The Kier molecular flexibility index (Phi) is 5.16. The predicted molar refractivity (Wildman–Crippen MR) is 145 cm³/mol. The Morgan fingerprint density at radius 1 is 0.564 bits per heavy atom. The first-order chi connectivity index (χ1) is 19.0. The SMILES string of the molecule is [C-]#[N+]/C(C#N)=C1/c2cc(F)ccc2-c2cc3c(cc21)-c1ccc(-c2ccc([N+]#[C-])cc2)cc1/C3=C(/C#N)[N+]#[C-]. The van der Waals surface area contributed by atoms with Crippen LogP contribution in [0.25, 0.3) is 59.1 Å². The smallest absolute Gasteiger partial charge is 0.238 e. The van der Waals surface area contributed by atoms with E-state index in [1.165, 1.54) is 12.1 Å². The molecule has 0 fully saturated rings. The molecule has 0 aliphatic heterocycles. The molecule has 0 saturated heterocycles. The highest BCUT2D eigenvalue weighted by atomic mass is 19.1. The largest absolute Gasteiger partial charge is 0.270 e. The maximum atomic E-state index is 14.3. The Bertz CT molecular complexity index is 2030. The zero-order valence-electron chi connectivity index (χ0n) is 20.0. The highest BCUT2D eigenvalue weighted by Gasteiger charge is 2.33. The summed E-state index contributed by atoms with van der Waals surface area (Å²) in [6.07, 6.45) is 0. The van der Waals surface area contributed by atoms with Crippen LogP contribution in [0.5, 0.6) is 0 Å². The Labute approximate surface area is 223 Å². The van der Waals surface area contributed by atoms with Crippen molar-refractivity contribution in [3.63, 3.8) is 0 Å². The second-order valence-corrected chi connectivity index (χ2v) is 8.95. The Morgan fingerprint density at radius 3 is 1.56 bits per heavy atom. The molecule has 0 N–H and O–H groups in total. The summed E-state index contributed by atoms with van der Waals surface area (Å²) in [6, 6.07) is 25.0. The molecule has 39 heavy (non-hydrogen) atoms. The third kappa shape index (κ3) is 3.34. The van der Waals surface area contributed by atoms with Gasteiger partial charge in [-0.2, -0.15) is 0 Å². The van der Waals surface area contributed by atoms with Crippen LogP contribution in [0.15, 0.2) is 84.2 Å². The summed E-state index contributed by atoms with van der Waals surface area (Å²) >= 11 is 0. The van der Waals surface area contributed by atoms with E-state index in [9.17, 15) is 14.9 Å². The molecule has 0 saturated carbocycles. The third-order valence-electron chi connectivity index (χ3n) is 7.06. The van der Waals surface area contributed by atoms with E-state index < -0.39 is 5.82 Å². The Hall–Kier alpha value is -6.26. The first kappa shape index (κ1) is 23.2. The quantitative estimate of drug-likeness (QED) is 0.169. The fraction of sp³-hybridized carbons (Fsp3) is 0. The summed E-state index contributed by atoms with van der Waals surface area (Å²) in [4.78, 5) is 10.4. The lowest BCUT2D eigenvalue weighted by molar-refractivity contribution is 0.627. The van der Waals surface area contributed by atoms with Crippen LogP contribution >= 0.6 is 0 Å². The summed E-state index contributed by atoms with van der Waals surface area (Å²) in [7, 11) is 0. The van der Waals surface area contributed by atoms with Gasteiger partial charge in [0.15, 0.2) is 5.69 Å². The van der Waals surface area contributed by atoms with Gasteiger partial charge in [0.2, 0.25) is 0 Å². The molecule has 0 spiro atoms. The van der Waals surface area contributed by atoms with Gasteiger partial charge in [0.05, 0.1) is 31.9 Å². The van der Waals surface area contributed by atoms with E-state index in [4.69, 9.17) is 19.7 Å². The highest BCUT2D eigenvalue weighted by Crippen LogP contribution is 2.54. The minimum atomic E-state index is -0.475. The van der Waals surface area contributed by atoms with E-state index in [2.05, 4.69) is 14.5 Å². The van der Waals surface area contributed by atoms with Crippen LogP contribution in [0.1, 0.15) is 22.3 Å². The number of rotatable bonds is 1. The number of allylic oxidation sites excluding steroid dienone is 2. The lowest BCUT2D eigenvalue weighted by Crippen LogP contribution is -1.89. The van der Waals surface area contributed by atoms with Crippen molar-refractivity contribution in [3.8, 4) is 45.5 Å². The molecule has 5 nitrogen and oxygen atoms in total. The number of fused-ring (bicyclic) bond motifs is 6. The minimum absolute atomic E-state index is 0.0533. The lowest BCUT2D eigenvalue weighted by atomic mass is 9.95. The molecule has 0 bridgehead atoms.